The first kappa shape index (κ1) is 13.4. The molecule has 3 nitrogen and oxygen atoms in total. The lowest BCUT2D eigenvalue weighted by molar-refractivity contribution is 0.233. The smallest absolute Gasteiger partial charge is 0.119 e. The van der Waals surface area contributed by atoms with Gasteiger partial charge in [-0.25, -0.2) is 0 Å². The summed E-state index contributed by atoms with van der Waals surface area (Å²) in [4.78, 5) is 2.43. The Balaban J connectivity index is 1.76. The molecular formula is C15H24N2O. The molecule has 2 rings (SSSR count). The molecule has 18 heavy (non-hydrogen) atoms. The van der Waals surface area contributed by atoms with E-state index in [0.717, 1.165) is 24.3 Å². The lowest BCUT2D eigenvalue weighted by Gasteiger charge is -2.19. The van der Waals surface area contributed by atoms with E-state index in [1.807, 2.05) is 31.2 Å². The molecule has 3 heteroatoms. The fourth-order valence-corrected chi connectivity index (χ4v) is 2.52. The van der Waals surface area contributed by atoms with Gasteiger partial charge in [-0.15, -0.1) is 0 Å². The predicted molar refractivity (Wildman–Crippen MR) is 74.8 cm³/mol. The van der Waals surface area contributed by atoms with Crippen LogP contribution >= 0.6 is 0 Å². The highest BCUT2D eigenvalue weighted by atomic mass is 16.5. The van der Waals surface area contributed by atoms with Crippen molar-refractivity contribution in [3.05, 3.63) is 29.8 Å². The van der Waals surface area contributed by atoms with E-state index < -0.39 is 0 Å². The van der Waals surface area contributed by atoms with Crippen molar-refractivity contribution in [1.29, 1.82) is 0 Å². The van der Waals surface area contributed by atoms with Crippen LogP contribution in [0.15, 0.2) is 24.3 Å². The molecule has 2 unspecified atom stereocenters. The minimum Gasteiger partial charge on any atom is -0.494 e. The van der Waals surface area contributed by atoms with Crippen molar-refractivity contribution < 1.29 is 4.74 Å². The standard InChI is InChI=1S/C15H24N2O/c1-12(16)13-5-7-15(8-6-13)18-11-9-14-4-3-10-17(14)2/h5-8,12,14H,3-4,9-11,16H2,1-2H3. The van der Waals surface area contributed by atoms with Gasteiger partial charge in [-0.3, -0.25) is 0 Å². The van der Waals surface area contributed by atoms with Crippen LogP contribution < -0.4 is 10.5 Å². The quantitative estimate of drug-likeness (QED) is 0.870. The second-order valence-electron chi connectivity index (χ2n) is 5.27. The summed E-state index contributed by atoms with van der Waals surface area (Å²) in [6.07, 6.45) is 3.75. The zero-order valence-corrected chi connectivity index (χ0v) is 11.4. The van der Waals surface area contributed by atoms with E-state index in [1.54, 1.807) is 0 Å². The molecule has 0 bridgehead atoms. The van der Waals surface area contributed by atoms with Gasteiger partial charge in [0.2, 0.25) is 0 Å². The van der Waals surface area contributed by atoms with Gasteiger partial charge in [0, 0.05) is 12.1 Å². The van der Waals surface area contributed by atoms with Crippen LogP contribution in [-0.4, -0.2) is 31.1 Å². The molecule has 1 aliphatic heterocycles. The highest BCUT2D eigenvalue weighted by Gasteiger charge is 2.20. The summed E-state index contributed by atoms with van der Waals surface area (Å²) in [6, 6.07) is 8.90. The zero-order valence-electron chi connectivity index (χ0n) is 11.4. The number of benzene rings is 1. The van der Waals surface area contributed by atoms with Gasteiger partial charge in [-0.1, -0.05) is 12.1 Å². The lowest BCUT2D eigenvalue weighted by Crippen LogP contribution is -2.26. The van der Waals surface area contributed by atoms with Crippen molar-refractivity contribution in [1.82, 2.24) is 4.90 Å². The van der Waals surface area contributed by atoms with Gasteiger partial charge in [0.15, 0.2) is 0 Å². The average Bonchev–Trinajstić information content (AvgIpc) is 2.76. The minimum atomic E-state index is 0.0891. The van der Waals surface area contributed by atoms with Crippen LogP contribution in [0.1, 0.15) is 37.8 Å². The van der Waals surface area contributed by atoms with E-state index >= 15 is 0 Å². The average molecular weight is 248 g/mol. The zero-order chi connectivity index (χ0) is 13.0. The Morgan fingerprint density at radius 3 is 2.67 bits per heavy atom. The van der Waals surface area contributed by atoms with E-state index in [9.17, 15) is 0 Å². The van der Waals surface area contributed by atoms with E-state index in [0.29, 0.717) is 6.04 Å². The fourth-order valence-electron chi connectivity index (χ4n) is 2.52. The summed E-state index contributed by atoms with van der Waals surface area (Å²) in [6.45, 7) is 4.02. The molecule has 0 saturated carbocycles. The molecule has 0 radical (unpaired) electrons. The van der Waals surface area contributed by atoms with Gasteiger partial charge in [0.05, 0.1) is 6.61 Å². The predicted octanol–water partition coefficient (Wildman–Crippen LogP) is 2.57. The highest BCUT2D eigenvalue weighted by Crippen LogP contribution is 2.19. The summed E-state index contributed by atoms with van der Waals surface area (Å²) < 4.78 is 5.78. The van der Waals surface area contributed by atoms with Crippen molar-refractivity contribution in [3.8, 4) is 5.75 Å². The van der Waals surface area contributed by atoms with Crippen molar-refractivity contribution >= 4 is 0 Å². The monoisotopic (exact) mass is 248 g/mol. The van der Waals surface area contributed by atoms with Crippen molar-refractivity contribution in [2.75, 3.05) is 20.2 Å². The first-order valence-electron chi connectivity index (χ1n) is 6.85. The molecule has 1 aromatic rings. The maximum atomic E-state index is 5.82. The molecule has 1 fully saturated rings. The molecule has 1 aliphatic rings. The lowest BCUT2D eigenvalue weighted by atomic mass is 10.1. The first-order chi connectivity index (χ1) is 8.66. The normalized spacial score (nSPS) is 22.1. The van der Waals surface area contributed by atoms with Gasteiger partial charge in [-0.05, 0) is 57.5 Å². The molecular weight excluding hydrogens is 224 g/mol. The number of nitrogens with two attached hydrogens (primary N) is 1. The number of hydrogen-bond acceptors (Lipinski definition) is 3. The maximum Gasteiger partial charge on any atom is 0.119 e. The molecule has 2 atom stereocenters. The Labute approximate surface area is 110 Å². The highest BCUT2D eigenvalue weighted by molar-refractivity contribution is 5.28. The number of ether oxygens (including phenoxy) is 1. The van der Waals surface area contributed by atoms with Crippen LogP contribution in [0.3, 0.4) is 0 Å². The Hall–Kier alpha value is -1.06. The van der Waals surface area contributed by atoms with Crippen molar-refractivity contribution in [2.45, 2.75) is 38.3 Å². The molecule has 1 aromatic carbocycles. The molecule has 0 aliphatic carbocycles. The van der Waals surface area contributed by atoms with E-state index in [-0.39, 0.29) is 6.04 Å². The largest absolute Gasteiger partial charge is 0.494 e. The van der Waals surface area contributed by atoms with E-state index in [1.165, 1.54) is 19.4 Å². The SMILES string of the molecule is CC(N)c1ccc(OCCC2CCCN2C)cc1. The minimum absolute atomic E-state index is 0.0891. The van der Waals surface area contributed by atoms with Crippen LogP contribution in [0.2, 0.25) is 0 Å². The fraction of sp³-hybridized carbons (Fsp3) is 0.600. The Morgan fingerprint density at radius 2 is 2.11 bits per heavy atom. The van der Waals surface area contributed by atoms with Gasteiger partial charge >= 0.3 is 0 Å². The Bertz CT molecular complexity index is 361. The van der Waals surface area contributed by atoms with Crippen LogP contribution in [-0.2, 0) is 0 Å². The number of likely N-dealkylation sites (tertiary alicyclic amines) is 1. The molecule has 1 saturated heterocycles. The topological polar surface area (TPSA) is 38.5 Å². The summed E-state index contributed by atoms with van der Waals surface area (Å²) in [7, 11) is 2.20. The molecule has 0 spiro atoms. The van der Waals surface area contributed by atoms with Gasteiger partial charge in [0.25, 0.3) is 0 Å². The van der Waals surface area contributed by atoms with E-state index in [2.05, 4.69) is 11.9 Å². The maximum absolute atomic E-state index is 5.82. The number of nitrogens with zero attached hydrogens (tertiary/aromatic N) is 1. The first-order valence-corrected chi connectivity index (χ1v) is 6.85. The number of rotatable bonds is 5. The molecule has 0 aromatic heterocycles. The Kier molecular flexibility index (Phi) is 4.61. The molecule has 2 N–H and O–H groups in total. The molecule has 100 valence electrons. The van der Waals surface area contributed by atoms with Crippen LogP contribution in [0, 0.1) is 0 Å². The summed E-state index contributed by atoms with van der Waals surface area (Å²) >= 11 is 0. The Morgan fingerprint density at radius 1 is 1.39 bits per heavy atom. The second kappa shape index (κ2) is 6.21. The molecule has 0 amide bonds. The van der Waals surface area contributed by atoms with Gasteiger partial charge in [0.1, 0.15) is 5.75 Å². The number of hydrogen-bond donors (Lipinski definition) is 1. The third-order valence-electron chi connectivity index (χ3n) is 3.80. The summed E-state index contributed by atoms with van der Waals surface area (Å²) in [5.74, 6) is 0.944. The third-order valence-corrected chi connectivity index (χ3v) is 3.80. The van der Waals surface area contributed by atoms with Crippen LogP contribution in [0.5, 0.6) is 5.75 Å². The van der Waals surface area contributed by atoms with Crippen LogP contribution in [0.4, 0.5) is 0 Å². The van der Waals surface area contributed by atoms with Crippen molar-refractivity contribution in [3.63, 3.8) is 0 Å². The summed E-state index contributed by atoms with van der Waals surface area (Å²) in [5.41, 5.74) is 6.97. The third kappa shape index (κ3) is 3.47. The summed E-state index contributed by atoms with van der Waals surface area (Å²) in [5, 5.41) is 0. The van der Waals surface area contributed by atoms with Gasteiger partial charge < -0.3 is 15.4 Å². The molecule has 1 heterocycles. The van der Waals surface area contributed by atoms with Crippen LogP contribution in [0.25, 0.3) is 0 Å². The van der Waals surface area contributed by atoms with Gasteiger partial charge in [-0.2, -0.15) is 0 Å². The second-order valence-corrected chi connectivity index (χ2v) is 5.27. The van der Waals surface area contributed by atoms with Crippen molar-refractivity contribution in [2.24, 2.45) is 5.73 Å². The van der Waals surface area contributed by atoms with E-state index in [4.69, 9.17) is 10.5 Å².